The fraction of sp³-hybridized carbons (Fsp3) is 0.600. The first-order valence-corrected chi connectivity index (χ1v) is 5.68. The van der Waals surface area contributed by atoms with Crippen molar-refractivity contribution < 1.29 is 9.84 Å². The third-order valence-corrected chi connectivity index (χ3v) is 3.82. The smallest absolute Gasteiger partial charge is 0.0727 e. The van der Waals surface area contributed by atoms with Crippen LogP contribution < -0.4 is 5.73 Å². The predicted molar refractivity (Wildman–Crippen MR) is 56.3 cm³/mol. The molecular formula is C10H15NO2S. The van der Waals surface area contributed by atoms with E-state index in [0.717, 1.165) is 19.6 Å². The number of ether oxygens (including phenoxy) is 1. The van der Waals surface area contributed by atoms with Gasteiger partial charge >= 0.3 is 0 Å². The maximum atomic E-state index is 8.80. The molecule has 1 aromatic heterocycles. The van der Waals surface area contributed by atoms with Crippen LogP contribution in [0, 0.1) is 0 Å². The molecule has 14 heavy (non-hydrogen) atoms. The van der Waals surface area contributed by atoms with E-state index >= 15 is 0 Å². The first-order chi connectivity index (χ1) is 6.81. The Labute approximate surface area is 87.5 Å². The van der Waals surface area contributed by atoms with Crippen LogP contribution in [0.3, 0.4) is 0 Å². The van der Waals surface area contributed by atoms with Crippen molar-refractivity contribution in [1.82, 2.24) is 0 Å². The first kappa shape index (κ1) is 10.1. The van der Waals surface area contributed by atoms with E-state index in [1.165, 1.54) is 15.3 Å². The number of aliphatic hydroxyl groups excluding tert-OH is 1. The molecule has 0 amide bonds. The minimum absolute atomic E-state index is 0.0180. The lowest BCUT2D eigenvalue weighted by atomic mass is 10.1. The summed E-state index contributed by atoms with van der Waals surface area (Å²) in [5.74, 6) is 0. The number of fused-ring (bicyclic) bond motifs is 1. The van der Waals surface area contributed by atoms with Crippen LogP contribution in [-0.4, -0.2) is 18.3 Å². The second kappa shape index (κ2) is 4.40. The Morgan fingerprint density at radius 1 is 1.64 bits per heavy atom. The topological polar surface area (TPSA) is 55.5 Å². The van der Waals surface area contributed by atoms with Gasteiger partial charge in [-0.2, -0.15) is 0 Å². The minimum atomic E-state index is -0.0180. The Kier molecular flexibility index (Phi) is 3.18. The Bertz CT molecular complexity index is 288. The zero-order valence-electron chi connectivity index (χ0n) is 8.03. The second-order valence-corrected chi connectivity index (χ2v) is 4.69. The Morgan fingerprint density at radius 2 is 2.50 bits per heavy atom. The third-order valence-electron chi connectivity index (χ3n) is 2.45. The van der Waals surface area contributed by atoms with Crippen LogP contribution in [0.2, 0.25) is 0 Å². The summed E-state index contributed by atoms with van der Waals surface area (Å²) in [6, 6.07) is 2.11. The van der Waals surface area contributed by atoms with E-state index < -0.39 is 0 Å². The average Bonchev–Trinajstić information content (AvgIpc) is 2.61. The van der Waals surface area contributed by atoms with Crippen molar-refractivity contribution >= 4 is 11.3 Å². The van der Waals surface area contributed by atoms with Gasteiger partial charge < -0.3 is 15.6 Å². The van der Waals surface area contributed by atoms with Gasteiger partial charge in [0, 0.05) is 28.8 Å². The normalized spacial score (nSPS) is 17.9. The van der Waals surface area contributed by atoms with Crippen molar-refractivity contribution in [3.05, 3.63) is 21.4 Å². The van der Waals surface area contributed by atoms with Crippen molar-refractivity contribution in [2.45, 2.75) is 25.5 Å². The highest BCUT2D eigenvalue weighted by atomic mass is 32.1. The monoisotopic (exact) mass is 213 g/mol. The molecule has 4 heteroatoms. The number of thiophene rings is 1. The van der Waals surface area contributed by atoms with Crippen molar-refractivity contribution in [2.24, 2.45) is 5.73 Å². The SMILES string of the molecule is NC(CCO)c1cc2c(s1)CCOC2. The van der Waals surface area contributed by atoms with E-state index in [1.807, 2.05) is 0 Å². The summed E-state index contributed by atoms with van der Waals surface area (Å²) in [6.45, 7) is 1.69. The van der Waals surface area contributed by atoms with Gasteiger partial charge in [-0.25, -0.2) is 0 Å². The molecule has 0 saturated heterocycles. The van der Waals surface area contributed by atoms with Crippen LogP contribution in [-0.2, 0) is 17.8 Å². The molecule has 0 saturated carbocycles. The quantitative estimate of drug-likeness (QED) is 0.793. The molecule has 0 fully saturated rings. The van der Waals surface area contributed by atoms with Gasteiger partial charge in [0.25, 0.3) is 0 Å². The summed E-state index contributed by atoms with van der Waals surface area (Å²) < 4.78 is 5.37. The standard InChI is InChI=1S/C10H15NO2S/c11-8(1-3-12)10-5-7-6-13-4-2-9(7)14-10/h5,8,12H,1-4,6,11H2. The molecule has 0 aliphatic carbocycles. The summed E-state index contributed by atoms with van der Waals surface area (Å²) >= 11 is 1.77. The molecule has 0 aromatic carbocycles. The van der Waals surface area contributed by atoms with Gasteiger partial charge in [0.15, 0.2) is 0 Å². The molecule has 0 radical (unpaired) electrons. The number of hydrogen-bond acceptors (Lipinski definition) is 4. The molecule has 0 spiro atoms. The van der Waals surface area contributed by atoms with Crippen molar-refractivity contribution in [3.8, 4) is 0 Å². The zero-order chi connectivity index (χ0) is 9.97. The molecule has 1 aliphatic rings. The molecule has 78 valence electrons. The Hall–Kier alpha value is -0.420. The van der Waals surface area contributed by atoms with Crippen molar-refractivity contribution in [3.63, 3.8) is 0 Å². The van der Waals surface area contributed by atoms with Gasteiger partial charge in [0.2, 0.25) is 0 Å². The summed E-state index contributed by atoms with van der Waals surface area (Å²) in [5.41, 5.74) is 7.21. The number of rotatable bonds is 3. The van der Waals surface area contributed by atoms with Gasteiger partial charge in [0.05, 0.1) is 13.2 Å². The van der Waals surface area contributed by atoms with E-state index in [2.05, 4.69) is 6.07 Å². The fourth-order valence-electron chi connectivity index (χ4n) is 1.63. The summed E-state index contributed by atoms with van der Waals surface area (Å²) in [4.78, 5) is 2.58. The van der Waals surface area contributed by atoms with Gasteiger partial charge in [-0.15, -0.1) is 11.3 Å². The van der Waals surface area contributed by atoms with E-state index in [9.17, 15) is 0 Å². The highest BCUT2D eigenvalue weighted by molar-refractivity contribution is 7.12. The van der Waals surface area contributed by atoms with Crippen LogP contribution in [0.25, 0.3) is 0 Å². The lowest BCUT2D eigenvalue weighted by Gasteiger charge is -2.10. The average molecular weight is 213 g/mol. The molecule has 1 unspecified atom stereocenters. The molecule has 0 bridgehead atoms. The number of aliphatic hydroxyl groups is 1. The molecule has 1 aliphatic heterocycles. The van der Waals surface area contributed by atoms with Gasteiger partial charge in [-0.05, 0) is 18.1 Å². The number of nitrogens with two attached hydrogens (primary N) is 1. The molecule has 3 nitrogen and oxygen atoms in total. The Balaban J connectivity index is 2.15. The highest BCUT2D eigenvalue weighted by Gasteiger charge is 2.16. The lowest BCUT2D eigenvalue weighted by Crippen LogP contribution is -2.10. The van der Waals surface area contributed by atoms with Crippen LogP contribution in [0.5, 0.6) is 0 Å². The van der Waals surface area contributed by atoms with Crippen LogP contribution in [0.15, 0.2) is 6.07 Å². The third kappa shape index (κ3) is 1.98. The van der Waals surface area contributed by atoms with Crippen LogP contribution in [0.1, 0.15) is 27.8 Å². The number of hydrogen-bond donors (Lipinski definition) is 2. The molecule has 2 rings (SSSR count). The molecule has 2 heterocycles. The van der Waals surface area contributed by atoms with Gasteiger partial charge in [-0.3, -0.25) is 0 Å². The maximum Gasteiger partial charge on any atom is 0.0727 e. The summed E-state index contributed by atoms with van der Waals surface area (Å²) in [5, 5.41) is 8.80. The summed E-state index contributed by atoms with van der Waals surface area (Å²) in [6.07, 6.45) is 1.64. The molecule has 3 N–H and O–H groups in total. The first-order valence-electron chi connectivity index (χ1n) is 4.87. The fourth-order valence-corrected chi connectivity index (χ4v) is 2.82. The van der Waals surface area contributed by atoms with Crippen LogP contribution in [0.4, 0.5) is 0 Å². The highest BCUT2D eigenvalue weighted by Crippen LogP contribution is 2.30. The van der Waals surface area contributed by atoms with Crippen LogP contribution >= 0.6 is 11.3 Å². The van der Waals surface area contributed by atoms with Gasteiger partial charge in [0.1, 0.15) is 0 Å². The van der Waals surface area contributed by atoms with Crippen molar-refractivity contribution in [2.75, 3.05) is 13.2 Å². The van der Waals surface area contributed by atoms with E-state index in [4.69, 9.17) is 15.6 Å². The minimum Gasteiger partial charge on any atom is -0.396 e. The predicted octanol–water partition coefficient (Wildman–Crippen LogP) is 1.20. The summed E-state index contributed by atoms with van der Waals surface area (Å²) in [7, 11) is 0. The lowest BCUT2D eigenvalue weighted by molar-refractivity contribution is 0.112. The van der Waals surface area contributed by atoms with Crippen molar-refractivity contribution in [1.29, 1.82) is 0 Å². The Morgan fingerprint density at radius 3 is 3.21 bits per heavy atom. The zero-order valence-corrected chi connectivity index (χ0v) is 8.85. The molecule has 1 aromatic rings. The largest absolute Gasteiger partial charge is 0.396 e. The maximum absolute atomic E-state index is 8.80. The van der Waals surface area contributed by atoms with E-state index in [0.29, 0.717) is 6.42 Å². The van der Waals surface area contributed by atoms with E-state index in [1.54, 1.807) is 11.3 Å². The van der Waals surface area contributed by atoms with E-state index in [-0.39, 0.29) is 12.6 Å². The van der Waals surface area contributed by atoms with Gasteiger partial charge in [-0.1, -0.05) is 0 Å². The molecular weight excluding hydrogens is 198 g/mol. The molecule has 1 atom stereocenters. The second-order valence-electron chi connectivity index (χ2n) is 3.52.